The summed E-state index contributed by atoms with van der Waals surface area (Å²) >= 11 is 0.390. The summed E-state index contributed by atoms with van der Waals surface area (Å²) in [6, 6.07) is 53.2. The molecule has 5 aromatic rings. The van der Waals surface area contributed by atoms with Crippen LogP contribution >= 0.6 is 0 Å². The molecule has 0 saturated heterocycles. The summed E-state index contributed by atoms with van der Waals surface area (Å²) in [7, 11) is 0. The van der Waals surface area contributed by atoms with E-state index in [0.717, 1.165) is 28.4 Å². The molecule has 39 heavy (non-hydrogen) atoms. The van der Waals surface area contributed by atoms with Crippen molar-refractivity contribution in [2.45, 2.75) is 11.7 Å². The van der Waals surface area contributed by atoms with Crippen molar-refractivity contribution in [2.24, 2.45) is 0 Å². The first kappa shape index (κ1) is 26.3. The fourth-order valence-electron chi connectivity index (χ4n) is 4.46. The van der Waals surface area contributed by atoms with Crippen molar-refractivity contribution in [2.75, 3.05) is 0 Å². The zero-order valence-corrected chi connectivity index (χ0v) is 23.5. The van der Waals surface area contributed by atoms with Crippen LogP contribution in [-0.4, -0.2) is 15.0 Å². The third-order valence-corrected chi connectivity index (χ3v) is 8.47. The molecule has 0 aliphatic carbocycles. The summed E-state index contributed by atoms with van der Waals surface area (Å²) in [5.41, 5.74) is 8.22. The predicted octanol–water partition coefficient (Wildman–Crippen LogP) is 8.46. The molecule has 0 aromatic heterocycles. The molecule has 5 aromatic carbocycles. The first-order valence-corrected chi connectivity index (χ1v) is 15.3. The molecule has 188 valence electrons. The average Bonchev–Trinajstić information content (AvgIpc) is 3.01. The third-order valence-electron chi connectivity index (χ3n) is 6.35. The Labute approximate surface area is 238 Å². The number of rotatable bonds is 8. The number of hydrogen-bond acceptors (Lipinski definition) is 0. The third kappa shape index (κ3) is 7.59. The molecular weight excluding hydrogens is 535 g/mol. The Morgan fingerprint density at radius 3 is 1.54 bits per heavy atom. The molecule has 0 heterocycles. The Morgan fingerprint density at radius 1 is 0.538 bits per heavy atom. The normalized spacial score (nSPS) is 10.8. The first-order chi connectivity index (χ1) is 19.4. The molecular formula is C38H30Se. The van der Waals surface area contributed by atoms with Gasteiger partial charge >= 0.3 is 240 Å². The Balaban J connectivity index is 1.66. The molecule has 0 N–H and O–H groups in total. The van der Waals surface area contributed by atoms with E-state index in [9.17, 15) is 0 Å². The summed E-state index contributed by atoms with van der Waals surface area (Å²) < 4.78 is 1.43. The van der Waals surface area contributed by atoms with Crippen molar-refractivity contribution in [1.82, 2.24) is 0 Å². The maximum atomic E-state index is 3.53. The van der Waals surface area contributed by atoms with Crippen LogP contribution in [0.15, 0.2) is 163 Å². The summed E-state index contributed by atoms with van der Waals surface area (Å²) in [6.45, 7) is 0. The Hall–Kier alpha value is -4.34. The van der Waals surface area contributed by atoms with Crippen molar-refractivity contribution in [3.8, 4) is 11.8 Å². The summed E-state index contributed by atoms with van der Waals surface area (Å²) in [6.07, 6.45) is 3.30. The Morgan fingerprint density at radius 2 is 1.00 bits per heavy atom. The van der Waals surface area contributed by atoms with Gasteiger partial charge in [0.05, 0.1) is 0 Å². The molecule has 0 unspecified atom stereocenters. The van der Waals surface area contributed by atoms with E-state index in [1.807, 2.05) is 18.2 Å². The standard InChI is InChI=1S/C38H30Se/c1-6-16-31(17-7-1)26-27-35(32-18-8-2-9-19-32)30-36(28-29-39-37-24-14-5-15-25-37)38(33-20-10-3-11-21-33)34-22-12-4-13-23-34/h1-25,30H,28-29H2/b35-30-. The van der Waals surface area contributed by atoms with Gasteiger partial charge in [-0.05, 0) is 0 Å². The van der Waals surface area contributed by atoms with E-state index in [-0.39, 0.29) is 0 Å². The van der Waals surface area contributed by atoms with E-state index in [0.29, 0.717) is 15.0 Å². The van der Waals surface area contributed by atoms with Crippen LogP contribution in [0, 0.1) is 11.8 Å². The van der Waals surface area contributed by atoms with Gasteiger partial charge < -0.3 is 0 Å². The summed E-state index contributed by atoms with van der Waals surface area (Å²) in [4.78, 5) is 0. The molecule has 0 fully saturated rings. The maximum absolute atomic E-state index is 3.53. The quantitative estimate of drug-likeness (QED) is 0.101. The van der Waals surface area contributed by atoms with E-state index < -0.39 is 0 Å². The SMILES string of the molecule is C(#Cc1ccccc1)/C(=C/C(CC[Se]c1ccccc1)=C(c1ccccc1)c1ccccc1)c1ccccc1. The molecule has 0 amide bonds. The zero-order chi connectivity index (χ0) is 26.5. The van der Waals surface area contributed by atoms with E-state index in [2.05, 4.69) is 151 Å². The molecule has 0 nitrogen and oxygen atoms in total. The van der Waals surface area contributed by atoms with E-state index >= 15 is 0 Å². The topological polar surface area (TPSA) is 0 Å². The van der Waals surface area contributed by atoms with Gasteiger partial charge in [0, 0.05) is 0 Å². The van der Waals surface area contributed by atoms with Crippen LogP contribution in [0.3, 0.4) is 0 Å². The Kier molecular flexibility index (Phi) is 9.42. The van der Waals surface area contributed by atoms with Crippen molar-refractivity contribution in [1.29, 1.82) is 0 Å². The number of allylic oxidation sites excluding steroid dienone is 3. The summed E-state index contributed by atoms with van der Waals surface area (Å²) in [5.74, 6) is 6.94. The van der Waals surface area contributed by atoms with E-state index in [4.69, 9.17) is 0 Å². The second kappa shape index (κ2) is 14.0. The van der Waals surface area contributed by atoms with Gasteiger partial charge in [0.25, 0.3) is 0 Å². The molecule has 0 atom stereocenters. The summed E-state index contributed by atoms with van der Waals surface area (Å²) in [5, 5.41) is 1.11. The van der Waals surface area contributed by atoms with Gasteiger partial charge in [-0.15, -0.1) is 0 Å². The first-order valence-electron chi connectivity index (χ1n) is 13.2. The number of benzene rings is 5. The Bertz CT molecular complexity index is 1530. The van der Waals surface area contributed by atoms with Gasteiger partial charge in [-0.3, -0.25) is 0 Å². The molecule has 0 bridgehead atoms. The minimum absolute atomic E-state index is 0.390. The second-order valence-corrected chi connectivity index (χ2v) is 11.5. The predicted molar refractivity (Wildman–Crippen MR) is 168 cm³/mol. The van der Waals surface area contributed by atoms with Crippen LogP contribution in [-0.2, 0) is 0 Å². The minimum atomic E-state index is 0.390. The fourth-order valence-corrected chi connectivity index (χ4v) is 6.36. The van der Waals surface area contributed by atoms with Crippen LogP contribution in [0.1, 0.15) is 28.7 Å². The van der Waals surface area contributed by atoms with Gasteiger partial charge in [0.2, 0.25) is 0 Å². The van der Waals surface area contributed by atoms with Gasteiger partial charge in [-0.25, -0.2) is 0 Å². The van der Waals surface area contributed by atoms with E-state index in [1.165, 1.54) is 26.7 Å². The van der Waals surface area contributed by atoms with Gasteiger partial charge in [0.1, 0.15) is 0 Å². The van der Waals surface area contributed by atoms with Gasteiger partial charge in [-0.1, -0.05) is 0 Å². The molecule has 5 rings (SSSR count). The molecule has 0 aliphatic heterocycles. The van der Waals surface area contributed by atoms with Crippen molar-refractivity contribution < 1.29 is 0 Å². The van der Waals surface area contributed by atoms with Crippen LogP contribution in [0.5, 0.6) is 0 Å². The van der Waals surface area contributed by atoms with Crippen LogP contribution in [0.2, 0.25) is 5.32 Å². The average molecular weight is 566 g/mol. The van der Waals surface area contributed by atoms with Crippen LogP contribution in [0.25, 0.3) is 11.1 Å². The molecule has 0 saturated carbocycles. The second-order valence-electron chi connectivity index (χ2n) is 9.08. The van der Waals surface area contributed by atoms with E-state index in [1.54, 1.807) is 0 Å². The number of hydrogen-bond donors (Lipinski definition) is 0. The van der Waals surface area contributed by atoms with Gasteiger partial charge in [0.15, 0.2) is 0 Å². The molecule has 0 aliphatic rings. The molecule has 1 heteroatoms. The van der Waals surface area contributed by atoms with Crippen LogP contribution in [0.4, 0.5) is 0 Å². The zero-order valence-electron chi connectivity index (χ0n) is 21.8. The van der Waals surface area contributed by atoms with Crippen molar-refractivity contribution in [3.05, 3.63) is 186 Å². The monoisotopic (exact) mass is 566 g/mol. The van der Waals surface area contributed by atoms with Crippen molar-refractivity contribution in [3.63, 3.8) is 0 Å². The van der Waals surface area contributed by atoms with Crippen LogP contribution < -0.4 is 4.46 Å². The van der Waals surface area contributed by atoms with Crippen molar-refractivity contribution >= 4 is 30.6 Å². The molecule has 0 radical (unpaired) electrons. The fraction of sp³-hybridized carbons (Fsp3) is 0.0526. The van der Waals surface area contributed by atoms with Gasteiger partial charge in [-0.2, -0.15) is 0 Å². The molecule has 0 spiro atoms.